The van der Waals surface area contributed by atoms with Crippen molar-refractivity contribution in [3.8, 4) is 0 Å². The summed E-state index contributed by atoms with van der Waals surface area (Å²) in [5.74, 6) is -5.71. The van der Waals surface area contributed by atoms with E-state index in [9.17, 15) is 18.4 Å². The van der Waals surface area contributed by atoms with E-state index >= 15 is 0 Å². The molecule has 25 heavy (non-hydrogen) atoms. The molecule has 0 unspecified atom stereocenters. The molecule has 5 nitrogen and oxygen atoms in total. The standard InChI is InChI=1S/C18H20F2N2O3/c1-5-25-16(24)18(19,20)12-8-9-13(22-15(23)17(2,3)4)14-11(12)7-6-10-21-14/h6-10H,5H2,1-4H3,(H,22,23). The van der Waals surface area contributed by atoms with E-state index in [0.29, 0.717) is 5.69 Å². The van der Waals surface area contributed by atoms with Crippen molar-refractivity contribution in [2.24, 2.45) is 5.41 Å². The molecule has 7 heteroatoms. The first kappa shape index (κ1) is 18.8. The van der Waals surface area contributed by atoms with Crippen LogP contribution in [0.3, 0.4) is 0 Å². The van der Waals surface area contributed by atoms with Crippen LogP contribution in [0.1, 0.15) is 33.3 Å². The molecule has 0 saturated carbocycles. The van der Waals surface area contributed by atoms with E-state index in [0.717, 1.165) is 6.07 Å². The van der Waals surface area contributed by atoms with Gasteiger partial charge in [0.25, 0.3) is 0 Å². The molecule has 0 aliphatic carbocycles. The average Bonchev–Trinajstić information content (AvgIpc) is 2.54. The molecule has 0 spiro atoms. The van der Waals surface area contributed by atoms with Crippen LogP contribution in [-0.4, -0.2) is 23.5 Å². The number of hydrogen-bond acceptors (Lipinski definition) is 4. The highest BCUT2D eigenvalue weighted by Crippen LogP contribution is 2.37. The lowest BCUT2D eigenvalue weighted by molar-refractivity contribution is -0.172. The Morgan fingerprint density at radius 2 is 1.88 bits per heavy atom. The molecule has 1 aromatic carbocycles. The molecular formula is C18H20F2N2O3. The molecule has 0 bridgehead atoms. The number of alkyl halides is 2. The van der Waals surface area contributed by atoms with Gasteiger partial charge in [-0.2, -0.15) is 8.78 Å². The summed E-state index contributed by atoms with van der Waals surface area (Å²) in [6, 6.07) is 5.35. The molecule has 1 amide bonds. The predicted octanol–water partition coefficient (Wildman–Crippen LogP) is 3.87. The first-order valence-electron chi connectivity index (χ1n) is 7.83. The van der Waals surface area contributed by atoms with Crippen LogP contribution in [0.4, 0.5) is 14.5 Å². The van der Waals surface area contributed by atoms with Gasteiger partial charge in [-0.3, -0.25) is 9.78 Å². The lowest BCUT2D eigenvalue weighted by atomic mass is 9.95. The Kier molecular flexibility index (Phi) is 5.06. The Morgan fingerprint density at radius 3 is 2.48 bits per heavy atom. The second kappa shape index (κ2) is 6.74. The maximum atomic E-state index is 14.5. The number of hydrogen-bond donors (Lipinski definition) is 1. The minimum absolute atomic E-state index is 0.0762. The third kappa shape index (κ3) is 3.75. The van der Waals surface area contributed by atoms with Gasteiger partial charge in [0.05, 0.1) is 17.8 Å². The molecular weight excluding hydrogens is 330 g/mol. The number of nitrogens with one attached hydrogen (secondary N) is 1. The van der Waals surface area contributed by atoms with Gasteiger partial charge in [0, 0.05) is 22.6 Å². The summed E-state index contributed by atoms with van der Waals surface area (Å²) in [6.07, 6.45) is 1.43. The van der Waals surface area contributed by atoms with Crippen LogP contribution in [-0.2, 0) is 20.2 Å². The van der Waals surface area contributed by atoms with Crippen molar-refractivity contribution in [1.29, 1.82) is 0 Å². The van der Waals surface area contributed by atoms with Crippen LogP contribution < -0.4 is 5.32 Å². The topological polar surface area (TPSA) is 68.3 Å². The van der Waals surface area contributed by atoms with Gasteiger partial charge >= 0.3 is 11.9 Å². The highest BCUT2D eigenvalue weighted by molar-refractivity contribution is 6.04. The van der Waals surface area contributed by atoms with Gasteiger partial charge in [0.2, 0.25) is 5.91 Å². The second-order valence-electron chi connectivity index (χ2n) is 6.56. The van der Waals surface area contributed by atoms with Crippen molar-refractivity contribution >= 4 is 28.5 Å². The van der Waals surface area contributed by atoms with E-state index < -0.39 is 22.9 Å². The minimum atomic E-state index is -3.82. The zero-order valence-corrected chi connectivity index (χ0v) is 14.5. The zero-order valence-electron chi connectivity index (χ0n) is 14.5. The predicted molar refractivity (Wildman–Crippen MR) is 90.4 cm³/mol. The third-order valence-corrected chi connectivity index (χ3v) is 3.57. The summed E-state index contributed by atoms with van der Waals surface area (Å²) in [7, 11) is 0. The number of pyridine rings is 1. The third-order valence-electron chi connectivity index (χ3n) is 3.57. The Balaban J connectivity index is 2.56. The second-order valence-corrected chi connectivity index (χ2v) is 6.56. The smallest absolute Gasteiger partial charge is 0.382 e. The zero-order chi connectivity index (χ0) is 18.8. The molecule has 1 heterocycles. The van der Waals surface area contributed by atoms with Crippen molar-refractivity contribution in [3.05, 3.63) is 36.0 Å². The van der Waals surface area contributed by atoms with E-state index in [4.69, 9.17) is 0 Å². The fourth-order valence-corrected chi connectivity index (χ4v) is 2.19. The number of aromatic nitrogens is 1. The van der Waals surface area contributed by atoms with E-state index in [1.165, 1.54) is 31.3 Å². The Labute approximate surface area is 144 Å². The Hall–Kier alpha value is -2.57. The molecule has 1 N–H and O–H groups in total. The van der Waals surface area contributed by atoms with Gasteiger partial charge in [-0.1, -0.05) is 26.8 Å². The van der Waals surface area contributed by atoms with Crippen molar-refractivity contribution in [3.63, 3.8) is 0 Å². The van der Waals surface area contributed by atoms with E-state index in [-0.39, 0.29) is 23.4 Å². The molecule has 0 aliphatic heterocycles. The number of anilines is 1. The number of amides is 1. The highest BCUT2D eigenvalue weighted by Gasteiger charge is 2.44. The van der Waals surface area contributed by atoms with Crippen molar-refractivity contribution in [1.82, 2.24) is 4.98 Å². The molecule has 2 rings (SSSR count). The summed E-state index contributed by atoms with van der Waals surface area (Å²) in [5, 5.41) is 2.77. The fourth-order valence-electron chi connectivity index (χ4n) is 2.19. The first-order chi connectivity index (χ1) is 11.6. The maximum absolute atomic E-state index is 14.5. The van der Waals surface area contributed by atoms with Gasteiger partial charge in [-0.25, -0.2) is 4.79 Å². The normalized spacial score (nSPS) is 12.1. The lowest BCUT2D eigenvalue weighted by Crippen LogP contribution is -2.29. The number of esters is 1. The number of rotatable bonds is 4. The van der Waals surface area contributed by atoms with Gasteiger partial charge < -0.3 is 10.1 Å². The molecule has 0 radical (unpaired) electrons. The summed E-state index contributed by atoms with van der Waals surface area (Å²) >= 11 is 0. The van der Waals surface area contributed by atoms with Gasteiger partial charge in [0.1, 0.15) is 0 Å². The average molecular weight is 350 g/mol. The van der Waals surface area contributed by atoms with E-state index in [1.807, 2.05) is 0 Å². The van der Waals surface area contributed by atoms with Gasteiger partial charge in [0.15, 0.2) is 0 Å². The van der Waals surface area contributed by atoms with Crippen LogP contribution in [0.2, 0.25) is 0 Å². The molecule has 0 saturated heterocycles. The van der Waals surface area contributed by atoms with Crippen molar-refractivity contribution in [2.75, 3.05) is 11.9 Å². The summed E-state index contributed by atoms with van der Waals surface area (Å²) in [4.78, 5) is 27.9. The largest absolute Gasteiger partial charge is 0.461 e. The van der Waals surface area contributed by atoms with Crippen LogP contribution >= 0.6 is 0 Å². The summed E-state index contributed by atoms with van der Waals surface area (Å²) in [5.41, 5.74) is -0.683. The number of nitrogens with zero attached hydrogens (tertiary/aromatic N) is 1. The maximum Gasteiger partial charge on any atom is 0.382 e. The number of benzene rings is 1. The summed E-state index contributed by atoms with van der Waals surface area (Å²) in [6.45, 7) is 6.52. The first-order valence-corrected chi connectivity index (χ1v) is 7.83. The summed E-state index contributed by atoms with van der Waals surface area (Å²) < 4.78 is 33.4. The quantitative estimate of drug-likeness (QED) is 0.850. The minimum Gasteiger partial charge on any atom is -0.461 e. The monoisotopic (exact) mass is 350 g/mol. The van der Waals surface area contributed by atoms with Crippen LogP contribution in [0.15, 0.2) is 30.5 Å². The molecule has 1 aromatic heterocycles. The van der Waals surface area contributed by atoms with Crippen LogP contribution in [0.5, 0.6) is 0 Å². The number of fused-ring (bicyclic) bond motifs is 1. The van der Waals surface area contributed by atoms with Crippen molar-refractivity contribution < 1.29 is 23.1 Å². The molecule has 2 aromatic rings. The SMILES string of the molecule is CCOC(=O)C(F)(F)c1ccc(NC(=O)C(C)(C)C)c2ncccc12. The fraction of sp³-hybridized carbons (Fsp3) is 0.389. The molecule has 0 fully saturated rings. The molecule has 0 aliphatic rings. The Bertz CT molecular complexity index is 814. The van der Waals surface area contributed by atoms with Crippen LogP contribution in [0, 0.1) is 5.41 Å². The van der Waals surface area contributed by atoms with Crippen molar-refractivity contribution in [2.45, 2.75) is 33.6 Å². The van der Waals surface area contributed by atoms with E-state index in [1.54, 1.807) is 20.8 Å². The Morgan fingerprint density at radius 1 is 1.20 bits per heavy atom. The lowest BCUT2D eigenvalue weighted by Gasteiger charge is -2.20. The van der Waals surface area contributed by atoms with Gasteiger partial charge in [-0.15, -0.1) is 0 Å². The molecule has 134 valence electrons. The number of halogens is 2. The number of carbonyl (C=O) groups is 2. The molecule has 0 atom stereocenters. The van der Waals surface area contributed by atoms with E-state index in [2.05, 4.69) is 15.0 Å². The van der Waals surface area contributed by atoms with Crippen LogP contribution in [0.25, 0.3) is 10.9 Å². The number of ether oxygens (including phenoxy) is 1. The highest BCUT2D eigenvalue weighted by atomic mass is 19.3. The van der Waals surface area contributed by atoms with Gasteiger partial charge in [-0.05, 0) is 25.1 Å². The number of carbonyl (C=O) groups excluding carboxylic acids is 2.